The lowest BCUT2D eigenvalue weighted by atomic mass is 10.2. The SMILES string of the molecule is Brc1cn2ccnc2c(NCCc2cccnc2)n1. The van der Waals surface area contributed by atoms with Crippen molar-refractivity contribution in [1.82, 2.24) is 19.4 Å². The molecule has 0 aliphatic carbocycles. The van der Waals surface area contributed by atoms with Gasteiger partial charge in [0.1, 0.15) is 4.60 Å². The van der Waals surface area contributed by atoms with Crippen molar-refractivity contribution in [3.8, 4) is 0 Å². The Morgan fingerprint density at radius 2 is 2.26 bits per heavy atom. The minimum absolute atomic E-state index is 0.780. The van der Waals surface area contributed by atoms with Crippen molar-refractivity contribution >= 4 is 27.4 Å². The van der Waals surface area contributed by atoms with Gasteiger partial charge in [-0.1, -0.05) is 6.07 Å². The first-order valence-corrected chi connectivity index (χ1v) is 6.74. The van der Waals surface area contributed by atoms with E-state index < -0.39 is 0 Å². The summed E-state index contributed by atoms with van der Waals surface area (Å²) < 4.78 is 2.71. The van der Waals surface area contributed by atoms with Crippen LogP contribution in [0.5, 0.6) is 0 Å². The van der Waals surface area contributed by atoms with Crippen molar-refractivity contribution in [2.45, 2.75) is 6.42 Å². The highest BCUT2D eigenvalue weighted by Crippen LogP contribution is 2.16. The Labute approximate surface area is 118 Å². The number of aromatic nitrogens is 4. The predicted octanol–water partition coefficient (Wildman–Crippen LogP) is 2.54. The van der Waals surface area contributed by atoms with Crippen LogP contribution in [0, 0.1) is 0 Å². The topological polar surface area (TPSA) is 55.1 Å². The molecule has 3 aromatic heterocycles. The molecule has 0 aliphatic rings. The molecule has 0 saturated carbocycles. The number of fused-ring (bicyclic) bond motifs is 1. The van der Waals surface area contributed by atoms with Crippen LogP contribution in [-0.4, -0.2) is 25.9 Å². The number of nitrogens with zero attached hydrogens (tertiary/aromatic N) is 4. The molecule has 96 valence electrons. The zero-order valence-electron chi connectivity index (χ0n) is 10.1. The molecule has 1 N–H and O–H groups in total. The second-order valence-corrected chi connectivity index (χ2v) is 4.92. The van der Waals surface area contributed by atoms with Crippen LogP contribution < -0.4 is 5.32 Å². The molecule has 3 heterocycles. The third kappa shape index (κ3) is 2.73. The van der Waals surface area contributed by atoms with E-state index in [2.05, 4.69) is 42.3 Å². The maximum Gasteiger partial charge on any atom is 0.180 e. The molecule has 0 unspecified atom stereocenters. The lowest BCUT2D eigenvalue weighted by molar-refractivity contribution is 0.983. The van der Waals surface area contributed by atoms with Gasteiger partial charge in [-0.3, -0.25) is 4.98 Å². The van der Waals surface area contributed by atoms with E-state index in [1.54, 1.807) is 12.4 Å². The third-order valence-corrected chi connectivity index (χ3v) is 3.16. The lowest BCUT2D eigenvalue weighted by Gasteiger charge is -2.07. The molecule has 0 aromatic carbocycles. The molecular weight excluding hydrogens is 306 g/mol. The first-order valence-electron chi connectivity index (χ1n) is 5.95. The zero-order valence-corrected chi connectivity index (χ0v) is 11.7. The summed E-state index contributed by atoms with van der Waals surface area (Å²) in [6, 6.07) is 4.01. The van der Waals surface area contributed by atoms with Gasteiger partial charge < -0.3 is 9.72 Å². The van der Waals surface area contributed by atoms with Gasteiger partial charge in [0.05, 0.1) is 0 Å². The fraction of sp³-hybridized carbons (Fsp3) is 0.154. The van der Waals surface area contributed by atoms with E-state index in [1.165, 1.54) is 5.56 Å². The second-order valence-electron chi connectivity index (χ2n) is 4.11. The normalized spacial score (nSPS) is 10.8. The molecule has 0 spiro atoms. The average molecular weight is 318 g/mol. The molecule has 3 aromatic rings. The summed E-state index contributed by atoms with van der Waals surface area (Å²) in [6.07, 6.45) is 10.1. The van der Waals surface area contributed by atoms with Crippen LogP contribution in [0.1, 0.15) is 5.56 Å². The fourth-order valence-electron chi connectivity index (χ4n) is 1.89. The largest absolute Gasteiger partial charge is 0.367 e. The van der Waals surface area contributed by atoms with Crippen molar-refractivity contribution < 1.29 is 0 Å². The van der Waals surface area contributed by atoms with Crippen LogP contribution >= 0.6 is 15.9 Å². The standard InChI is InChI=1S/C13H12BrN5/c14-11-9-19-7-6-17-13(19)12(18-11)16-5-3-10-2-1-4-15-8-10/h1-2,4,6-9H,3,5H2,(H,16,18). The Balaban J connectivity index is 1.73. The number of pyridine rings is 1. The number of anilines is 1. The summed E-state index contributed by atoms with van der Waals surface area (Å²) in [5, 5.41) is 3.31. The van der Waals surface area contributed by atoms with Crippen molar-refractivity contribution in [3.63, 3.8) is 0 Å². The first-order chi connectivity index (χ1) is 9.33. The van der Waals surface area contributed by atoms with Gasteiger partial charge in [-0.25, -0.2) is 9.97 Å². The van der Waals surface area contributed by atoms with Crippen molar-refractivity contribution in [2.75, 3.05) is 11.9 Å². The summed E-state index contributed by atoms with van der Waals surface area (Å²) in [5.74, 6) is 0.781. The monoisotopic (exact) mass is 317 g/mol. The molecule has 0 amide bonds. The smallest absolute Gasteiger partial charge is 0.180 e. The van der Waals surface area contributed by atoms with Crippen molar-refractivity contribution in [2.24, 2.45) is 0 Å². The van der Waals surface area contributed by atoms with Crippen LogP contribution in [-0.2, 0) is 6.42 Å². The van der Waals surface area contributed by atoms with E-state index in [9.17, 15) is 0 Å². The Hall–Kier alpha value is -1.95. The summed E-state index contributed by atoms with van der Waals surface area (Å²) in [4.78, 5) is 12.8. The molecule has 3 rings (SSSR count). The number of rotatable bonds is 4. The zero-order chi connectivity index (χ0) is 13.1. The maximum atomic E-state index is 4.41. The minimum Gasteiger partial charge on any atom is -0.367 e. The fourth-order valence-corrected chi connectivity index (χ4v) is 2.29. The maximum absolute atomic E-state index is 4.41. The Morgan fingerprint density at radius 1 is 1.32 bits per heavy atom. The molecule has 0 saturated heterocycles. The van der Waals surface area contributed by atoms with E-state index >= 15 is 0 Å². The summed E-state index contributed by atoms with van der Waals surface area (Å²) in [7, 11) is 0. The number of nitrogens with one attached hydrogen (secondary N) is 1. The van der Waals surface area contributed by atoms with Gasteiger partial charge in [0, 0.05) is 37.5 Å². The Kier molecular flexibility index (Phi) is 3.41. The van der Waals surface area contributed by atoms with E-state index in [4.69, 9.17) is 0 Å². The molecule has 0 aliphatic heterocycles. The van der Waals surface area contributed by atoms with Gasteiger partial charge in [-0.2, -0.15) is 0 Å². The van der Waals surface area contributed by atoms with Gasteiger partial charge in [0.25, 0.3) is 0 Å². The minimum atomic E-state index is 0.780. The molecule has 6 heteroatoms. The quantitative estimate of drug-likeness (QED) is 0.803. The van der Waals surface area contributed by atoms with Crippen LogP contribution in [0.3, 0.4) is 0 Å². The molecule has 0 fully saturated rings. The Morgan fingerprint density at radius 3 is 3.11 bits per heavy atom. The highest BCUT2D eigenvalue weighted by molar-refractivity contribution is 9.10. The van der Waals surface area contributed by atoms with Crippen LogP contribution in [0.4, 0.5) is 5.82 Å². The van der Waals surface area contributed by atoms with Gasteiger partial charge in [0.15, 0.2) is 11.5 Å². The molecule has 5 nitrogen and oxygen atoms in total. The van der Waals surface area contributed by atoms with E-state index in [1.807, 2.05) is 29.1 Å². The van der Waals surface area contributed by atoms with Gasteiger partial charge >= 0.3 is 0 Å². The molecule has 0 bridgehead atoms. The lowest BCUT2D eigenvalue weighted by Crippen LogP contribution is -2.08. The highest BCUT2D eigenvalue weighted by atomic mass is 79.9. The summed E-state index contributed by atoms with van der Waals surface area (Å²) in [6.45, 7) is 0.789. The van der Waals surface area contributed by atoms with Gasteiger partial charge in [0.2, 0.25) is 0 Å². The number of hydrogen-bond acceptors (Lipinski definition) is 4. The van der Waals surface area contributed by atoms with Crippen LogP contribution in [0.2, 0.25) is 0 Å². The van der Waals surface area contributed by atoms with Crippen LogP contribution in [0.15, 0.2) is 47.7 Å². The summed E-state index contributed by atoms with van der Waals surface area (Å²) >= 11 is 3.40. The van der Waals surface area contributed by atoms with E-state index in [0.29, 0.717) is 0 Å². The van der Waals surface area contributed by atoms with Crippen LogP contribution in [0.25, 0.3) is 5.65 Å². The average Bonchev–Trinajstić information content (AvgIpc) is 2.88. The molecule has 0 atom stereocenters. The van der Waals surface area contributed by atoms with Gasteiger partial charge in [-0.05, 0) is 34.0 Å². The van der Waals surface area contributed by atoms with Gasteiger partial charge in [-0.15, -0.1) is 0 Å². The predicted molar refractivity (Wildman–Crippen MR) is 77.1 cm³/mol. The van der Waals surface area contributed by atoms with Crippen molar-refractivity contribution in [3.05, 3.63) is 53.3 Å². The first kappa shape index (κ1) is 12.1. The number of imidazole rings is 1. The van der Waals surface area contributed by atoms with E-state index in [-0.39, 0.29) is 0 Å². The highest BCUT2D eigenvalue weighted by Gasteiger charge is 2.05. The number of hydrogen-bond donors (Lipinski definition) is 1. The third-order valence-electron chi connectivity index (χ3n) is 2.77. The van der Waals surface area contributed by atoms with E-state index in [0.717, 1.165) is 29.0 Å². The molecular formula is C13H12BrN5. The number of halogens is 1. The molecule has 0 radical (unpaired) electrons. The van der Waals surface area contributed by atoms with Crippen molar-refractivity contribution in [1.29, 1.82) is 0 Å². The summed E-state index contributed by atoms with van der Waals surface area (Å²) in [5.41, 5.74) is 2.03. The second kappa shape index (κ2) is 5.36. The Bertz CT molecular complexity index is 680. The molecule has 19 heavy (non-hydrogen) atoms.